The fourth-order valence-electron chi connectivity index (χ4n) is 4.79. The lowest BCUT2D eigenvalue weighted by Gasteiger charge is -2.00. The van der Waals surface area contributed by atoms with Crippen molar-refractivity contribution in [1.29, 1.82) is 0 Å². The molecule has 0 fully saturated rings. The first-order valence-electron chi connectivity index (χ1n) is 17.7. The fraction of sp³-hybridized carbons (Fsp3) is 0.838. The summed E-state index contributed by atoms with van der Waals surface area (Å²) >= 11 is 0. The first-order chi connectivity index (χ1) is 20.1. The van der Waals surface area contributed by atoms with Gasteiger partial charge in [-0.1, -0.05) is 141 Å². The second-order valence-corrected chi connectivity index (χ2v) is 11.6. The van der Waals surface area contributed by atoms with Gasteiger partial charge >= 0.3 is 11.9 Å². The van der Waals surface area contributed by atoms with Crippen molar-refractivity contribution in [2.45, 2.75) is 194 Å². The number of carboxylic acid groups (broad SMARTS) is 1. The predicted octanol–water partition coefficient (Wildman–Crippen LogP) is 12.3. The molecule has 1 N–H and O–H groups in total. The monoisotopic (exact) mass is 579 g/mol. The Hall–Kier alpha value is -1.58. The van der Waals surface area contributed by atoms with E-state index in [2.05, 4.69) is 42.9 Å². The second-order valence-electron chi connectivity index (χ2n) is 11.6. The molecule has 41 heavy (non-hydrogen) atoms. The molecule has 0 saturated heterocycles. The van der Waals surface area contributed by atoms with E-state index in [0.29, 0.717) is 12.8 Å². The fourth-order valence-corrected chi connectivity index (χ4v) is 4.79. The SMILES string of the molecule is CCCCCCCC/C=C/CCCCCCCC(=O)OC.CCCCCCCC/C=C\CCCCCCCC(=O)O. The van der Waals surface area contributed by atoms with E-state index in [0.717, 1.165) is 25.7 Å². The summed E-state index contributed by atoms with van der Waals surface area (Å²) in [7, 11) is 1.46. The molecular formula is C37H70O4. The number of methoxy groups -OCH3 is 1. The van der Waals surface area contributed by atoms with Crippen molar-refractivity contribution in [3.63, 3.8) is 0 Å². The molecule has 0 spiro atoms. The topological polar surface area (TPSA) is 63.6 Å². The minimum atomic E-state index is -0.664. The van der Waals surface area contributed by atoms with Crippen LogP contribution in [0.15, 0.2) is 24.3 Å². The Morgan fingerprint density at radius 2 is 0.756 bits per heavy atom. The van der Waals surface area contributed by atoms with E-state index in [4.69, 9.17) is 5.11 Å². The van der Waals surface area contributed by atoms with Crippen molar-refractivity contribution in [3.05, 3.63) is 24.3 Å². The smallest absolute Gasteiger partial charge is 0.305 e. The van der Waals surface area contributed by atoms with Gasteiger partial charge in [0, 0.05) is 12.8 Å². The molecule has 0 amide bonds. The van der Waals surface area contributed by atoms with E-state index in [1.54, 1.807) is 0 Å². The normalized spacial score (nSPS) is 11.2. The Bertz CT molecular complexity index is 581. The summed E-state index contributed by atoms with van der Waals surface area (Å²) in [6.07, 6.45) is 43.2. The van der Waals surface area contributed by atoms with E-state index < -0.39 is 5.97 Å². The number of carbonyl (C=O) groups is 2. The summed E-state index contributed by atoms with van der Waals surface area (Å²) in [5.41, 5.74) is 0. The van der Waals surface area contributed by atoms with E-state index >= 15 is 0 Å². The van der Waals surface area contributed by atoms with Gasteiger partial charge in [-0.2, -0.15) is 0 Å². The third-order valence-electron chi connectivity index (χ3n) is 7.52. The molecule has 0 aliphatic carbocycles. The number of carbonyl (C=O) groups excluding carboxylic acids is 1. The van der Waals surface area contributed by atoms with Crippen molar-refractivity contribution >= 4 is 11.9 Å². The molecule has 0 rings (SSSR count). The summed E-state index contributed by atoms with van der Waals surface area (Å²) in [5, 5.41) is 8.51. The molecule has 0 aliphatic rings. The Balaban J connectivity index is 0. The van der Waals surface area contributed by atoms with Crippen LogP contribution in [0.2, 0.25) is 0 Å². The third-order valence-corrected chi connectivity index (χ3v) is 7.52. The minimum Gasteiger partial charge on any atom is -0.481 e. The van der Waals surface area contributed by atoms with Crippen LogP contribution in [0, 0.1) is 0 Å². The summed E-state index contributed by atoms with van der Waals surface area (Å²) in [5.74, 6) is -0.741. The van der Waals surface area contributed by atoms with Gasteiger partial charge in [-0.15, -0.1) is 0 Å². The third kappa shape index (κ3) is 43.0. The largest absolute Gasteiger partial charge is 0.481 e. The van der Waals surface area contributed by atoms with Gasteiger partial charge in [-0.05, 0) is 64.2 Å². The Morgan fingerprint density at radius 3 is 1.07 bits per heavy atom. The van der Waals surface area contributed by atoms with Crippen LogP contribution in [-0.2, 0) is 14.3 Å². The van der Waals surface area contributed by atoms with Gasteiger partial charge in [0.15, 0.2) is 0 Å². The number of allylic oxidation sites excluding steroid dienone is 4. The van der Waals surface area contributed by atoms with Gasteiger partial charge in [-0.3, -0.25) is 9.59 Å². The average molecular weight is 579 g/mol. The molecule has 0 radical (unpaired) electrons. The number of esters is 1. The van der Waals surface area contributed by atoms with Crippen LogP contribution >= 0.6 is 0 Å². The van der Waals surface area contributed by atoms with Crippen LogP contribution in [0.5, 0.6) is 0 Å². The average Bonchev–Trinajstić information content (AvgIpc) is 2.97. The van der Waals surface area contributed by atoms with Gasteiger partial charge in [-0.25, -0.2) is 0 Å². The van der Waals surface area contributed by atoms with Crippen LogP contribution in [-0.4, -0.2) is 24.2 Å². The van der Waals surface area contributed by atoms with Gasteiger partial charge in [0.25, 0.3) is 0 Å². The van der Waals surface area contributed by atoms with Gasteiger partial charge in [0.05, 0.1) is 7.11 Å². The van der Waals surface area contributed by atoms with E-state index in [-0.39, 0.29) is 5.97 Å². The number of rotatable bonds is 30. The van der Waals surface area contributed by atoms with E-state index in [1.807, 2.05) is 0 Å². The summed E-state index contributed by atoms with van der Waals surface area (Å²) in [6, 6.07) is 0. The van der Waals surface area contributed by atoms with Gasteiger partial charge < -0.3 is 9.84 Å². The summed E-state index contributed by atoms with van der Waals surface area (Å²) in [4.78, 5) is 21.2. The highest BCUT2D eigenvalue weighted by Gasteiger charge is 1.99. The number of aliphatic carboxylic acids is 1. The van der Waals surface area contributed by atoms with Crippen LogP contribution in [0.3, 0.4) is 0 Å². The van der Waals surface area contributed by atoms with Crippen molar-refractivity contribution in [3.8, 4) is 0 Å². The highest BCUT2D eigenvalue weighted by Crippen LogP contribution is 2.11. The Morgan fingerprint density at radius 1 is 0.463 bits per heavy atom. The van der Waals surface area contributed by atoms with Crippen LogP contribution in [0.1, 0.15) is 194 Å². The molecule has 0 aromatic heterocycles. The maximum atomic E-state index is 10.9. The quantitative estimate of drug-likeness (QED) is 0.0523. The zero-order valence-corrected chi connectivity index (χ0v) is 27.8. The first-order valence-corrected chi connectivity index (χ1v) is 17.7. The number of hydrogen-bond donors (Lipinski definition) is 1. The maximum Gasteiger partial charge on any atom is 0.305 e. The molecule has 0 bridgehead atoms. The first kappa shape index (κ1) is 41.6. The van der Waals surface area contributed by atoms with Crippen molar-refractivity contribution in [2.75, 3.05) is 7.11 Å². The zero-order valence-electron chi connectivity index (χ0n) is 27.8. The van der Waals surface area contributed by atoms with Crippen molar-refractivity contribution in [1.82, 2.24) is 0 Å². The summed E-state index contributed by atoms with van der Waals surface area (Å²) < 4.78 is 4.62. The molecule has 4 nitrogen and oxygen atoms in total. The van der Waals surface area contributed by atoms with Crippen LogP contribution in [0.25, 0.3) is 0 Å². The Labute approximate surface area is 256 Å². The minimum absolute atomic E-state index is 0.0763. The molecule has 4 heteroatoms. The highest BCUT2D eigenvalue weighted by atomic mass is 16.5. The second kappa shape index (κ2) is 38.4. The van der Waals surface area contributed by atoms with E-state index in [9.17, 15) is 9.59 Å². The molecule has 0 heterocycles. The lowest BCUT2D eigenvalue weighted by Crippen LogP contribution is -1.98. The maximum absolute atomic E-state index is 10.9. The number of carboxylic acids is 1. The van der Waals surface area contributed by atoms with Gasteiger partial charge in [0.1, 0.15) is 0 Å². The molecule has 0 aromatic carbocycles. The van der Waals surface area contributed by atoms with Gasteiger partial charge in [0.2, 0.25) is 0 Å². The zero-order chi connectivity index (χ0) is 30.5. The van der Waals surface area contributed by atoms with Crippen molar-refractivity contribution in [2.24, 2.45) is 0 Å². The number of ether oxygens (including phenoxy) is 1. The molecule has 0 atom stereocenters. The highest BCUT2D eigenvalue weighted by molar-refractivity contribution is 5.69. The van der Waals surface area contributed by atoms with E-state index in [1.165, 1.54) is 148 Å². The molecule has 0 aromatic rings. The molecule has 0 saturated carbocycles. The lowest BCUT2D eigenvalue weighted by molar-refractivity contribution is -0.141. The molecule has 0 unspecified atom stereocenters. The lowest BCUT2D eigenvalue weighted by atomic mass is 10.1. The van der Waals surface area contributed by atoms with Crippen molar-refractivity contribution < 1.29 is 19.4 Å². The predicted molar refractivity (Wildman–Crippen MR) is 179 cm³/mol. The van der Waals surface area contributed by atoms with Crippen LogP contribution in [0.4, 0.5) is 0 Å². The Kier molecular flexibility index (Phi) is 38.9. The number of unbranched alkanes of at least 4 members (excludes halogenated alkanes) is 22. The standard InChI is InChI=1S/C19H36O2.C18H34O2/c1-3-4-5-6-7-8-9-10-11-12-13-14-15-16-17-18-19(20)21-2;1-2-3-4-5-6-7-8-9-10-11-12-13-14-15-16-17-18(19)20/h10-11H,3-9,12-18H2,1-2H3;9-10H,2-8,11-17H2,1H3,(H,19,20)/b11-10+;10-9-. The number of hydrogen-bond acceptors (Lipinski definition) is 3. The summed E-state index contributed by atoms with van der Waals surface area (Å²) in [6.45, 7) is 4.52. The molecule has 0 aliphatic heterocycles. The molecular weight excluding hydrogens is 508 g/mol. The van der Waals surface area contributed by atoms with Crippen LogP contribution < -0.4 is 0 Å². The molecule has 242 valence electrons.